The highest BCUT2D eigenvalue weighted by molar-refractivity contribution is 5.39. The van der Waals surface area contributed by atoms with Crippen LogP contribution in [0, 0.1) is 6.92 Å². The molecule has 88 valence electrons. The van der Waals surface area contributed by atoms with Gasteiger partial charge in [-0.05, 0) is 30.7 Å². The van der Waals surface area contributed by atoms with Crippen molar-refractivity contribution in [2.24, 2.45) is 0 Å². The molecule has 0 amide bonds. The molecule has 0 aliphatic carbocycles. The fraction of sp³-hybridized carbons (Fsp3) is 0.333. The minimum Gasteiger partial charge on any atom is -0.497 e. The highest BCUT2D eigenvalue weighted by Gasteiger charge is 1.97. The van der Waals surface area contributed by atoms with Gasteiger partial charge in [-0.1, -0.05) is 0 Å². The van der Waals surface area contributed by atoms with E-state index in [1.807, 2.05) is 25.1 Å². The Morgan fingerprint density at radius 3 is 1.80 bits per heavy atom. The first-order valence-electron chi connectivity index (χ1n) is 3.75. The number of hydrogen-bond acceptors (Lipinski definition) is 2. The van der Waals surface area contributed by atoms with Gasteiger partial charge in [-0.2, -0.15) is 0 Å². The largest absolute Gasteiger partial charge is 0.497 e. The number of methoxy groups -OCH3 is 2. The molecule has 0 saturated carbocycles. The van der Waals surface area contributed by atoms with Crippen molar-refractivity contribution < 1.29 is 27.8 Å². The standard InChI is InChI=1S/C9H12O2.2F2/c1-7-6-8(10-2)4-5-9(7)11-3;2*1-2/h4-6H,1-3H3;;. The summed E-state index contributed by atoms with van der Waals surface area (Å²) in [7, 11) is 3.32. The van der Waals surface area contributed by atoms with Gasteiger partial charge in [0.25, 0.3) is 0 Å². The van der Waals surface area contributed by atoms with Crippen LogP contribution in [0.15, 0.2) is 18.2 Å². The summed E-state index contributed by atoms with van der Waals surface area (Å²) >= 11 is 0. The molecule has 0 radical (unpaired) electrons. The zero-order valence-electron chi connectivity index (χ0n) is 8.56. The lowest BCUT2D eigenvalue weighted by atomic mass is 10.2. The van der Waals surface area contributed by atoms with Gasteiger partial charge in [0.05, 0.1) is 14.2 Å². The number of ether oxygens (including phenoxy) is 2. The Morgan fingerprint density at radius 2 is 1.47 bits per heavy atom. The maximum Gasteiger partial charge on any atom is 0.122 e. The van der Waals surface area contributed by atoms with Crippen molar-refractivity contribution >= 4 is 0 Å². The molecule has 15 heavy (non-hydrogen) atoms. The van der Waals surface area contributed by atoms with Crippen molar-refractivity contribution in [2.75, 3.05) is 14.2 Å². The van der Waals surface area contributed by atoms with Crippen LogP contribution in [-0.2, 0) is 0 Å². The highest BCUT2D eigenvalue weighted by Crippen LogP contribution is 2.22. The minimum atomic E-state index is 0.864. The Kier molecular flexibility index (Phi) is 11.3. The second kappa shape index (κ2) is 10.6. The molecule has 0 aliphatic heterocycles. The van der Waals surface area contributed by atoms with E-state index in [-0.39, 0.29) is 0 Å². The molecule has 1 aromatic carbocycles. The minimum absolute atomic E-state index is 0.864. The molecule has 0 aliphatic rings. The third-order valence-corrected chi connectivity index (χ3v) is 1.60. The second-order valence-corrected chi connectivity index (χ2v) is 2.34. The summed E-state index contributed by atoms with van der Waals surface area (Å²) in [5, 5.41) is 0. The van der Waals surface area contributed by atoms with Crippen molar-refractivity contribution in [1.82, 2.24) is 0 Å². The van der Waals surface area contributed by atoms with Gasteiger partial charge >= 0.3 is 0 Å². The van der Waals surface area contributed by atoms with Gasteiger partial charge in [0.15, 0.2) is 0 Å². The number of aryl methyl sites for hydroxylation is 1. The molecule has 0 atom stereocenters. The van der Waals surface area contributed by atoms with Crippen LogP contribution in [0.2, 0.25) is 0 Å². The van der Waals surface area contributed by atoms with Crippen molar-refractivity contribution in [2.45, 2.75) is 6.92 Å². The summed E-state index contributed by atoms with van der Waals surface area (Å²) < 4.78 is 42.1. The maximum atomic E-state index is 8.00. The summed E-state index contributed by atoms with van der Waals surface area (Å²) in [5.41, 5.74) is 1.09. The van der Waals surface area contributed by atoms with Crippen LogP contribution in [0.5, 0.6) is 11.5 Å². The van der Waals surface area contributed by atoms with Gasteiger partial charge in [0.2, 0.25) is 0 Å². The van der Waals surface area contributed by atoms with Crippen LogP contribution in [0.3, 0.4) is 0 Å². The zero-order valence-corrected chi connectivity index (χ0v) is 8.56. The third-order valence-electron chi connectivity index (χ3n) is 1.60. The Morgan fingerprint density at radius 1 is 0.933 bits per heavy atom. The lowest BCUT2D eigenvalue weighted by Gasteiger charge is -2.05. The van der Waals surface area contributed by atoms with Crippen LogP contribution < -0.4 is 9.47 Å². The lowest BCUT2D eigenvalue weighted by Crippen LogP contribution is -1.88. The quantitative estimate of drug-likeness (QED) is 0.718. The summed E-state index contributed by atoms with van der Waals surface area (Å²) in [6.45, 7) is 1.99. The summed E-state index contributed by atoms with van der Waals surface area (Å²) in [5.74, 6) is 1.76. The van der Waals surface area contributed by atoms with E-state index in [1.54, 1.807) is 14.2 Å². The fourth-order valence-corrected chi connectivity index (χ4v) is 0.978. The Bertz CT molecular complexity index is 256. The average molecular weight is 228 g/mol. The molecule has 2 nitrogen and oxygen atoms in total. The van der Waals surface area contributed by atoms with Crippen LogP contribution in [0.25, 0.3) is 0 Å². The monoisotopic (exact) mass is 228 g/mol. The smallest absolute Gasteiger partial charge is 0.122 e. The fourth-order valence-electron chi connectivity index (χ4n) is 0.978. The Labute approximate surface area is 85.1 Å². The highest BCUT2D eigenvalue weighted by atomic mass is 20.0. The van der Waals surface area contributed by atoms with E-state index in [9.17, 15) is 0 Å². The molecule has 0 heterocycles. The van der Waals surface area contributed by atoms with Crippen molar-refractivity contribution in [1.29, 1.82) is 0 Å². The van der Waals surface area contributed by atoms with E-state index in [4.69, 9.17) is 27.8 Å². The van der Waals surface area contributed by atoms with Gasteiger partial charge in [0, 0.05) is 18.3 Å². The van der Waals surface area contributed by atoms with Gasteiger partial charge < -0.3 is 9.47 Å². The number of benzene rings is 1. The van der Waals surface area contributed by atoms with E-state index < -0.39 is 0 Å². The van der Waals surface area contributed by atoms with Gasteiger partial charge in [-0.25, -0.2) is 0 Å². The normalized spacial score (nSPS) is 7.67. The topological polar surface area (TPSA) is 18.5 Å². The molecular weight excluding hydrogens is 216 g/mol. The molecule has 0 bridgehead atoms. The zero-order chi connectivity index (χ0) is 12.3. The summed E-state index contributed by atoms with van der Waals surface area (Å²) in [6.07, 6.45) is 0. The first kappa shape index (κ1) is 16.0. The van der Waals surface area contributed by atoms with Crippen molar-refractivity contribution in [3.8, 4) is 11.5 Å². The van der Waals surface area contributed by atoms with E-state index in [0.29, 0.717) is 0 Å². The predicted molar refractivity (Wildman–Crippen MR) is 48.7 cm³/mol. The molecule has 1 rings (SSSR count). The molecule has 0 unspecified atom stereocenters. The third kappa shape index (κ3) is 5.77. The molecule has 0 fully saturated rings. The number of halogens is 4. The van der Waals surface area contributed by atoms with E-state index >= 15 is 0 Å². The summed E-state index contributed by atoms with van der Waals surface area (Å²) in [4.78, 5) is 0. The molecule has 0 saturated heterocycles. The molecular formula is C9H12F4O2. The number of hydrogen-bond donors (Lipinski definition) is 0. The molecule has 6 heteroatoms. The second-order valence-electron chi connectivity index (χ2n) is 2.34. The van der Waals surface area contributed by atoms with E-state index in [0.717, 1.165) is 17.1 Å². The lowest BCUT2D eigenvalue weighted by molar-refractivity contribution is 0.108. The SMILES string of the molecule is COc1ccc(OC)c(C)c1.FF.FF. The van der Waals surface area contributed by atoms with E-state index in [2.05, 4.69) is 0 Å². The van der Waals surface area contributed by atoms with Crippen LogP contribution in [0.1, 0.15) is 5.56 Å². The van der Waals surface area contributed by atoms with Crippen molar-refractivity contribution in [3.05, 3.63) is 23.8 Å². The van der Waals surface area contributed by atoms with Crippen LogP contribution in [0.4, 0.5) is 18.3 Å². The first-order chi connectivity index (χ1) is 7.27. The van der Waals surface area contributed by atoms with Gasteiger partial charge in [0.1, 0.15) is 11.5 Å². The van der Waals surface area contributed by atoms with Gasteiger partial charge in [-0.15, -0.1) is 0 Å². The van der Waals surface area contributed by atoms with Gasteiger partial charge in [-0.3, -0.25) is 0 Å². The van der Waals surface area contributed by atoms with Crippen LogP contribution in [-0.4, -0.2) is 14.2 Å². The number of rotatable bonds is 2. The Balaban J connectivity index is 0. The summed E-state index contributed by atoms with van der Waals surface area (Å²) in [6, 6.07) is 5.72. The molecule has 1 aromatic rings. The molecule has 0 aromatic heterocycles. The molecule has 0 N–H and O–H groups in total. The van der Waals surface area contributed by atoms with Crippen LogP contribution >= 0.6 is 0 Å². The van der Waals surface area contributed by atoms with E-state index in [1.165, 1.54) is 0 Å². The average Bonchev–Trinajstić information content (AvgIpc) is 2.34. The van der Waals surface area contributed by atoms with Crippen molar-refractivity contribution in [3.63, 3.8) is 0 Å². The maximum absolute atomic E-state index is 8.00. The predicted octanol–water partition coefficient (Wildman–Crippen LogP) is 3.69. The molecule has 0 spiro atoms. The Hall–Kier alpha value is -1.46. The first-order valence-corrected chi connectivity index (χ1v) is 3.75.